The summed E-state index contributed by atoms with van der Waals surface area (Å²) in [5.41, 5.74) is 3.30. The van der Waals surface area contributed by atoms with Crippen molar-refractivity contribution in [2.24, 2.45) is 0 Å². The van der Waals surface area contributed by atoms with E-state index in [1.807, 2.05) is 18.2 Å². The largest absolute Gasteiger partial charge is 0.467 e. The Morgan fingerprint density at radius 2 is 1.79 bits per heavy atom. The highest BCUT2D eigenvalue weighted by molar-refractivity contribution is 8.00. The molecule has 2 unspecified atom stereocenters. The highest BCUT2D eigenvalue weighted by atomic mass is 32.2. The fourth-order valence-electron chi connectivity index (χ4n) is 3.83. The Kier molecular flexibility index (Phi) is 6.85. The lowest BCUT2D eigenvalue weighted by molar-refractivity contribution is -0.145. The first kappa shape index (κ1) is 21.2. The van der Waals surface area contributed by atoms with Crippen LogP contribution >= 0.6 is 11.8 Å². The van der Waals surface area contributed by atoms with Crippen molar-refractivity contribution in [3.8, 4) is 11.1 Å². The number of thioether (sulfide) groups is 1. The monoisotopic (exact) mass is 413 g/mol. The van der Waals surface area contributed by atoms with Gasteiger partial charge in [0.05, 0.1) is 11.9 Å². The first-order chi connectivity index (χ1) is 14.0. The average molecular weight is 414 g/mol. The molecule has 1 fully saturated rings. The predicted molar refractivity (Wildman–Crippen MR) is 116 cm³/mol. The molecule has 1 saturated heterocycles. The van der Waals surface area contributed by atoms with Crippen LogP contribution in [0.3, 0.4) is 0 Å². The molecule has 0 saturated carbocycles. The molecule has 1 N–H and O–H groups in total. The van der Waals surface area contributed by atoms with Gasteiger partial charge in [-0.25, -0.2) is 9.59 Å². The fourth-order valence-corrected chi connectivity index (χ4v) is 5.46. The number of carbonyl (C=O) groups excluding carboxylic acids is 1. The van der Waals surface area contributed by atoms with E-state index < -0.39 is 22.9 Å². The van der Waals surface area contributed by atoms with Crippen molar-refractivity contribution in [2.45, 2.75) is 37.0 Å². The number of hydrogen-bond acceptors (Lipinski definition) is 4. The number of unbranched alkanes of at least 4 members (excludes halogenated alkanes) is 1. The molecule has 0 spiro atoms. The summed E-state index contributed by atoms with van der Waals surface area (Å²) in [6.45, 7) is 2.42. The molecule has 6 heteroatoms. The number of hydrogen-bond donors (Lipinski definition) is 1. The molecule has 3 rings (SSSR count). The van der Waals surface area contributed by atoms with Crippen molar-refractivity contribution in [1.29, 1.82) is 0 Å². The molecule has 1 heterocycles. The van der Waals surface area contributed by atoms with Crippen molar-refractivity contribution in [2.75, 3.05) is 19.4 Å². The van der Waals surface area contributed by atoms with E-state index in [2.05, 4.69) is 43.3 Å². The maximum atomic E-state index is 12.3. The lowest BCUT2D eigenvalue weighted by Gasteiger charge is -2.29. The molecule has 0 radical (unpaired) electrons. The minimum absolute atomic E-state index is 0.279. The zero-order valence-electron chi connectivity index (χ0n) is 16.8. The summed E-state index contributed by atoms with van der Waals surface area (Å²) >= 11 is 1.75. The van der Waals surface area contributed by atoms with Gasteiger partial charge in [-0.1, -0.05) is 67.9 Å². The molecule has 2 aromatic carbocycles. The molecular formula is C23H27NO4S. The lowest BCUT2D eigenvalue weighted by Crippen LogP contribution is -2.40. The summed E-state index contributed by atoms with van der Waals surface area (Å²) in [6, 6.07) is 17.6. The number of carboxylic acid groups (broad SMARTS) is 1. The van der Waals surface area contributed by atoms with Gasteiger partial charge >= 0.3 is 12.1 Å². The summed E-state index contributed by atoms with van der Waals surface area (Å²) in [4.78, 5) is 25.3. The number of likely N-dealkylation sites (tertiary alicyclic amines) is 1. The number of carbonyl (C=O) groups is 2. The third-order valence-electron chi connectivity index (χ3n) is 5.44. The minimum atomic E-state index is -1.08. The first-order valence-corrected chi connectivity index (χ1v) is 10.9. The Morgan fingerprint density at radius 1 is 1.14 bits per heavy atom. The first-order valence-electron chi connectivity index (χ1n) is 9.88. The van der Waals surface area contributed by atoms with E-state index in [4.69, 9.17) is 4.74 Å². The van der Waals surface area contributed by atoms with Crippen LogP contribution in [0.25, 0.3) is 11.1 Å². The van der Waals surface area contributed by atoms with Gasteiger partial charge in [0.2, 0.25) is 0 Å². The Hall–Kier alpha value is -2.47. The Labute approximate surface area is 176 Å². The van der Waals surface area contributed by atoms with Crippen molar-refractivity contribution < 1.29 is 19.4 Å². The van der Waals surface area contributed by atoms with Crippen LogP contribution in [-0.4, -0.2) is 47.5 Å². The molecule has 1 aliphatic heterocycles. The van der Waals surface area contributed by atoms with E-state index in [1.54, 1.807) is 11.8 Å². The molecule has 0 bridgehead atoms. The highest BCUT2D eigenvalue weighted by Crippen LogP contribution is 2.48. The van der Waals surface area contributed by atoms with Crippen LogP contribution < -0.4 is 0 Å². The topological polar surface area (TPSA) is 66.8 Å². The van der Waals surface area contributed by atoms with Crippen LogP contribution in [0.5, 0.6) is 0 Å². The smallest absolute Gasteiger partial charge is 0.408 e. The zero-order chi connectivity index (χ0) is 20.9. The number of rotatable bonds is 7. The number of benzene rings is 2. The molecule has 0 aromatic heterocycles. The molecule has 154 valence electrons. The summed E-state index contributed by atoms with van der Waals surface area (Å²) < 4.78 is 4.44. The summed E-state index contributed by atoms with van der Waals surface area (Å²) in [5, 5.41) is 9.68. The molecule has 2 aromatic rings. The molecule has 1 aliphatic rings. The Morgan fingerprint density at radius 3 is 2.38 bits per heavy atom. The minimum Gasteiger partial charge on any atom is -0.467 e. The van der Waals surface area contributed by atoms with Gasteiger partial charge in [-0.05, 0) is 35.3 Å². The van der Waals surface area contributed by atoms with E-state index >= 15 is 0 Å². The standard InChI is InChI=1S/C23H27NO4S/c1-3-4-14-29-23(15-20(21(25)28-2)24(16-23)22(26)27)19-12-10-18(11-13-19)17-8-6-5-7-9-17/h5-13,20H,3-4,14-16H2,1-2H3,(H,26,27). The van der Waals surface area contributed by atoms with Crippen LogP contribution in [0.1, 0.15) is 31.7 Å². The maximum absolute atomic E-state index is 12.3. The van der Waals surface area contributed by atoms with Crippen LogP contribution in [0.15, 0.2) is 54.6 Å². The number of amides is 1. The average Bonchev–Trinajstić information content (AvgIpc) is 3.15. The zero-order valence-corrected chi connectivity index (χ0v) is 17.7. The van der Waals surface area contributed by atoms with Gasteiger partial charge in [0, 0.05) is 6.54 Å². The molecule has 5 nitrogen and oxygen atoms in total. The van der Waals surface area contributed by atoms with E-state index in [-0.39, 0.29) is 6.54 Å². The maximum Gasteiger partial charge on any atom is 0.408 e. The molecule has 1 amide bonds. The lowest BCUT2D eigenvalue weighted by atomic mass is 9.93. The molecule has 29 heavy (non-hydrogen) atoms. The highest BCUT2D eigenvalue weighted by Gasteiger charge is 2.50. The third-order valence-corrected chi connectivity index (χ3v) is 7.02. The van der Waals surface area contributed by atoms with E-state index in [0.29, 0.717) is 6.42 Å². The molecule has 0 aliphatic carbocycles. The fraction of sp³-hybridized carbons (Fsp3) is 0.391. The predicted octanol–water partition coefficient (Wildman–Crippen LogP) is 5.01. The van der Waals surface area contributed by atoms with E-state index in [1.165, 1.54) is 12.0 Å². The van der Waals surface area contributed by atoms with Crippen molar-refractivity contribution in [1.82, 2.24) is 4.90 Å². The second kappa shape index (κ2) is 9.35. The summed E-state index contributed by atoms with van der Waals surface area (Å²) in [5.74, 6) is 0.421. The quantitative estimate of drug-likeness (QED) is 0.511. The second-order valence-electron chi connectivity index (χ2n) is 7.29. The van der Waals surface area contributed by atoms with E-state index in [0.717, 1.165) is 35.3 Å². The van der Waals surface area contributed by atoms with Crippen molar-refractivity contribution in [3.63, 3.8) is 0 Å². The van der Waals surface area contributed by atoms with Gasteiger partial charge in [0.1, 0.15) is 6.04 Å². The molecular weight excluding hydrogens is 386 g/mol. The van der Waals surface area contributed by atoms with Gasteiger partial charge in [-0.2, -0.15) is 0 Å². The van der Waals surface area contributed by atoms with Crippen molar-refractivity contribution in [3.05, 3.63) is 60.2 Å². The number of esters is 1. The second-order valence-corrected chi connectivity index (χ2v) is 8.77. The van der Waals surface area contributed by atoms with Crippen molar-refractivity contribution >= 4 is 23.8 Å². The van der Waals surface area contributed by atoms with Gasteiger partial charge in [-0.3, -0.25) is 4.90 Å². The van der Waals surface area contributed by atoms with E-state index in [9.17, 15) is 14.7 Å². The Bertz CT molecular complexity index is 840. The SMILES string of the molecule is CCCCSC1(c2ccc(-c3ccccc3)cc2)CC(C(=O)OC)N(C(=O)O)C1. The Balaban J connectivity index is 1.94. The summed E-state index contributed by atoms with van der Waals surface area (Å²) in [7, 11) is 1.31. The van der Waals surface area contributed by atoms with Gasteiger partial charge in [-0.15, -0.1) is 11.8 Å². The number of ether oxygens (including phenoxy) is 1. The third kappa shape index (κ3) is 4.58. The van der Waals surface area contributed by atoms with Gasteiger partial charge in [0.25, 0.3) is 0 Å². The van der Waals surface area contributed by atoms with Crippen LogP contribution in [0, 0.1) is 0 Å². The summed E-state index contributed by atoms with van der Waals surface area (Å²) in [6.07, 6.45) is 1.45. The van der Waals surface area contributed by atoms with Crippen LogP contribution in [0.4, 0.5) is 4.79 Å². The number of nitrogens with zero attached hydrogens (tertiary/aromatic N) is 1. The van der Waals surface area contributed by atoms with Crippen LogP contribution in [0.2, 0.25) is 0 Å². The normalized spacial score (nSPS) is 21.2. The van der Waals surface area contributed by atoms with Gasteiger partial charge < -0.3 is 9.84 Å². The van der Waals surface area contributed by atoms with Crippen LogP contribution in [-0.2, 0) is 14.3 Å². The van der Waals surface area contributed by atoms with Gasteiger partial charge in [0.15, 0.2) is 0 Å². The molecule has 2 atom stereocenters. The number of methoxy groups -OCH3 is 1.